The standard InChI is InChI=1S/C12H12ClNO3/c13-10-6-7-14(11(10)15)12(16)17-8-9-4-2-1-3-5-9/h1-5,10H,6-8H2. The van der Waals surface area contributed by atoms with Gasteiger partial charge in [-0.2, -0.15) is 0 Å². The van der Waals surface area contributed by atoms with Crippen molar-refractivity contribution in [3.05, 3.63) is 35.9 Å². The SMILES string of the molecule is O=C(OCc1ccccc1)N1CCC(Cl)C1=O. The topological polar surface area (TPSA) is 46.6 Å². The average Bonchev–Trinajstić information content (AvgIpc) is 2.69. The van der Waals surface area contributed by atoms with E-state index in [9.17, 15) is 9.59 Å². The molecule has 0 aromatic heterocycles. The summed E-state index contributed by atoms with van der Waals surface area (Å²) < 4.78 is 5.04. The predicted molar refractivity (Wildman–Crippen MR) is 62.6 cm³/mol. The summed E-state index contributed by atoms with van der Waals surface area (Å²) in [6.07, 6.45) is -0.136. The van der Waals surface area contributed by atoms with Gasteiger partial charge in [-0.25, -0.2) is 9.69 Å². The Morgan fingerprint density at radius 3 is 2.71 bits per heavy atom. The van der Waals surface area contributed by atoms with Crippen LogP contribution in [0.5, 0.6) is 0 Å². The molecule has 1 saturated heterocycles. The molecule has 1 atom stereocenters. The minimum absolute atomic E-state index is 0.163. The number of halogens is 1. The minimum atomic E-state index is -0.623. The lowest BCUT2D eigenvalue weighted by atomic mass is 10.2. The molecule has 2 rings (SSSR count). The van der Waals surface area contributed by atoms with Gasteiger partial charge in [-0.3, -0.25) is 4.79 Å². The molecule has 1 aliphatic heterocycles. The first-order chi connectivity index (χ1) is 8.18. The molecule has 17 heavy (non-hydrogen) atoms. The van der Waals surface area contributed by atoms with Crippen molar-refractivity contribution in [3.8, 4) is 0 Å². The van der Waals surface area contributed by atoms with E-state index < -0.39 is 11.5 Å². The third-order valence-corrected chi connectivity index (χ3v) is 2.97. The largest absolute Gasteiger partial charge is 0.444 e. The van der Waals surface area contributed by atoms with Gasteiger partial charge in [0.25, 0.3) is 0 Å². The van der Waals surface area contributed by atoms with E-state index in [2.05, 4.69) is 0 Å². The maximum Gasteiger partial charge on any atom is 0.416 e. The van der Waals surface area contributed by atoms with Gasteiger partial charge in [0.1, 0.15) is 12.0 Å². The molecule has 2 amide bonds. The predicted octanol–water partition coefficient (Wildman–Crippen LogP) is 2.16. The van der Waals surface area contributed by atoms with Crippen molar-refractivity contribution in [3.63, 3.8) is 0 Å². The van der Waals surface area contributed by atoms with Gasteiger partial charge < -0.3 is 4.74 Å². The Morgan fingerprint density at radius 2 is 2.12 bits per heavy atom. The number of likely N-dealkylation sites (tertiary alicyclic amines) is 1. The molecule has 4 nitrogen and oxygen atoms in total. The number of hydrogen-bond acceptors (Lipinski definition) is 3. The van der Waals surface area contributed by atoms with Crippen LogP contribution >= 0.6 is 11.6 Å². The maximum absolute atomic E-state index is 11.6. The second kappa shape index (κ2) is 5.19. The highest BCUT2D eigenvalue weighted by Crippen LogP contribution is 2.17. The van der Waals surface area contributed by atoms with Crippen molar-refractivity contribution in [2.45, 2.75) is 18.4 Å². The maximum atomic E-state index is 11.6. The summed E-state index contributed by atoms with van der Waals surface area (Å²) in [5, 5.41) is -0.598. The minimum Gasteiger partial charge on any atom is -0.444 e. The molecule has 0 spiro atoms. The molecule has 0 N–H and O–H groups in total. The van der Waals surface area contributed by atoms with Crippen molar-refractivity contribution >= 4 is 23.6 Å². The van der Waals surface area contributed by atoms with E-state index >= 15 is 0 Å². The van der Waals surface area contributed by atoms with Crippen molar-refractivity contribution in [1.82, 2.24) is 4.90 Å². The van der Waals surface area contributed by atoms with E-state index in [4.69, 9.17) is 16.3 Å². The second-order valence-electron chi connectivity index (χ2n) is 3.79. The fourth-order valence-electron chi connectivity index (χ4n) is 1.62. The van der Waals surface area contributed by atoms with Gasteiger partial charge in [-0.1, -0.05) is 30.3 Å². The number of ether oxygens (including phenoxy) is 1. The van der Waals surface area contributed by atoms with Gasteiger partial charge in [-0.05, 0) is 12.0 Å². The van der Waals surface area contributed by atoms with E-state index in [1.54, 1.807) is 0 Å². The smallest absolute Gasteiger partial charge is 0.416 e. The molecule has 5 heteroatoms. The van der Waals surface area contributed by atoms with Crippen LogP contribution in [0.15, 0.2) is 30.3 Å². The van der Waals surface area contributed by atoms with Crippen molar-refractivity contribution in [1.29, 1.82) is 0 Å². The van der Waals surface area contributed by atoms with E-state index in [0.29, 0.717) is 13.0 Å². The van der Waals surface area contributed by atoms with Crippen LogP contribution < -0.4 is 0 Å². The van der Waals surface area contributed by atoms with Crippen LogP contribution in [0.1, 0.15) is 12.0 Å². The summed E-state index contributed by atoms with van der Waals surface area (Å²) in [7, 11) is 0. The number of amides is 2. The Balaban J connectivity index is 1.88. The third kappa shape index (κ3) is 2.77. The molecular formula is C12H12ClNO3. The number of nitrogens with zero attached hydrogens (tertiary/aromatic N) is 1. The molecule has 0 radical (unpaired) electrons. The first kappa shape index (κ1) is 11.9. The van der Waals surface area contributed by atoms with Crippen LogP contribution in [-0.2, 0) is 16.1 Å². The number of hydrogen-bond donors (Lipinski definition) is 0. The Morgan fingerprint density at radius 1 is 1.41 bits per heavy atom. The Kier molecular flexibility index (Phi) is 3.64. The molecule has 1 aliphatic rings. The lowest BCUT2D eigenvalue weighted by molar-refractivity contribution is -0.126. The second-order valence-corrected chi connectivity index (χ2v) is 4.31. The summed E-state index contributed by atoms with van der Waals surface area (Å²) in [5.41, 5.74) is 0.884. The third-order valence-electron chi connectivity index (χ3n) is 2.57. The van der Waals surface area contributed by atoms with Crippen LogP contribution in [0.25, 0.3) is 0 Å². The lowest BCUT2D eigenvalue weighted by Gasteiger charge is -2.13. The molecule has 1 aromatic rings. The average molecular weight is 254 g/mol. The van der Waals surface area contributed by atoms with Crippen LogP contribution in [0.4, 0.5) is 4.79 Å². The van der Waals surface area contributed by atoms with Gasteiger partial charge in [0.05, 0.1) is 0 Å². The summed E-state index contributed by atoms with van der Waals surface area (Å²) in [6.45, 7) is 0.497. The molecule has 0 aliphatic carbocycles. The van der Waals surface area contributed by atoms with Gasteiger partial charge in [0.2, 0.25) is 5.91 Å². The van der Waals surface area contributed by atoms with Gasteiger partial charge >= 0.3 is 6.09 Å². The number of alkyl halides is 1. The van der Waals surface area contributed by atoms with Crippen molar-refractivity contribution in [2.24, 2.45) is 0 Å². The van der Waals surface area contributed by atoms with Crippen LogP contribution in [0.2, 0.25) is 0 Å². The zero-order chi connectivity index (χ0) is 12.3. The highest BCUT2D eigenvalue weighted by atomic mass is 35.5. The number of benzene rings is 1. The van der Waals surface area contributed by atoms with E-state index in [0.717, 1.165) is 10.5 Å². The molecular weight excluding hydrogens is 242 g/mol. The molecule has 1 fully saturated rings. The summed E-state index contributed by atoms with van der Waals surface area (Å²) in [4.78, 5) is 24.1. The van der Waals surface area contributed by atoms with Gasteiger partial charge in [0.15, 0.2) is 0 Å². The molecule has 1 unspecified atom stereocenters. The highest BCUT2D eigenvalue weighted by molar-refractivity contribution is 6.32. The summed E-state index contributed by atoms with van der Waals surface area (Å²) in [5.74, 6) is -0.371. The van der Waals surface area contributed by atoms with Gasteiger partial charge in [-0.15, -0.1) is 11.6 Å². The first-order valence-electron chi connectivity index (χ1n) is 5.34. The van der Waals surface area contributed by atoms with E-state index in [1.165, 1.54) is 0 Å². The number of rotatable bonds is 2. The number of carbonyl (C=O) groups is 2. The van der Waals surface area contributed by atoms with Crippen molar-refractivity contribution < 1.29 is 14.3 Å². The van der Waals surface area contributed by atoms with E-state index in [1.807, 2.05) is 30.3 Å². The normalized spacial score (nSPS) is 19.5. The molecule has 1 heterocycles. The van der Waals surface area contributed by atoms with Crippen LogP contribution in [-0.4, -0.2) is 28.8 Å². The fourth-order valence-corrected chi connectivity index (χ4v) is 1.84. The first-order valence-corrected chi connectivity index (χ1v) is 5.78. The monoisotopic (exact) mass is 253 g/mol. The molecule has 90 valence electrons. The van der Waals surface area contributed by atoms with E-state index in [-0.39, 0.29) is 12.5 Å². The summed E-state index contributed by atoms with van der Waals surface area (Å²) in [6, 6.07) is 9.30. The zero-order valence-corrected chi connectivity index (χ0v) is 9.89. The van der Waals surface area contributed by atoms with Crippen molar-refractivity contribution in [2.75, 3.05) is 6.54 Å². The highest BCUT2D eigenvalue weighted by Gasteiger charge is 2.35. The molecule has 0 saturated carbocycles. The van der Waals surface area contributed by atoms with Crippen LogP contribution in [0, 0.1) is 0 Å². The molecule has 1 aromatic carbocycles. The summed E-state index contributed by atoms with van der Waals surface area (Å²) >= 11 is 5.72. The Labute approximate surface area is 104 Å². The number of imide groups is 1. The lowest BCUT2D eigenvalue weighted by Crippen LogP contribution is -2.34. The number of carbonyl (C=O) groups excluding carboxylic acids is 2. The van der Waals surface area contributed by atoms with Gasteiger partial charge in [0, 0.05) is 6.54 Å². The Hall–Kier alpha value is -1.55. The quantitative estimate of drug-likeness (QED) is 0.759. The molecule has 0 bridgehead atoms. The fraction of sp³-hybridized carbons (Fsp3) is 0.333. The zero-order valence-electron chi connectivity index (χ0n) is 9.14. The van der Waals surface area contributed by atoms with Crippen LogP contribution in [0.3, 0.4) is 0 Å². The Bertz CT molecular complexity index is 421.